The Balaban J connectivity index is 0.00000272. The van der Waals surface area contributed by atoms with Crippen LogP contribution in [0.4, 0.5) is 5.69 Å². The number of aromatic nitrogens is 2. The maximum atomic E-state index is 12.1. The highest BCUT2D eigenvalue weighted by Crippen LogP contribution is 2.27. The van der Waals surface area contributed by atoms with Crippen LogP contribution in [0.25, 0.3) is 0 Å². The highest BCUT2D eigenvalue weighted by Gasteiger charge is 2.27. The number of piperidine rings is 1. The fourth-order valence-electron chi connectivity index (χ4n) is 4.33. The lowest BCUT2D eigenvalue weighted by Gasteiger charge is -2.26. The van der Waals surface area contributed by atoms with E-state index in [0.717, 1.165) is 62.7 Å². The van der Waals surface area contributed by atoms with Crippen LogP contribution >= 0.6 is 24.0 Å². The molecular weight excluding hydrogens is 503 g/mol. The minimum Gasteiger partial charge on any atom is -0.357 e. The van der Waals surface area contributed by atoms with Gasteiger partial charge in [0.1, 0.15) is 0 Å². The van der Waals surface area contributed by atoms with Crippen molar-refractivity contribution in [1.82, 2.24) is 20.0 Å². The van der Waals surface area contributed by atoms with Gasteiger partial charge in [0.2, 0.25) is 5.91 Å². The first-order valence-corrected chi connectivity index (χ1v) is 11.0. The number of nitrogens with zero attached hydrogens (tertiary/aromatic N) is 5. The molecule has 4 rings (SSSR count). The highest BCUT2D eigenvalue weighted by molar-refractivity contribution is 14.0. The van der Waals surface area contributed by atoms with Gasteiger partial charge in [-0.2, -0.15) is 5.10 Å². The number of anilines is 1. The van der Waals surface area contributed by atoms with E-state index >= 15 is 0 Å². The molecule has 2 aliphatic rings. The first kappa shape index (κ1) is 23.6. The van der Waals surface area contributed by atoms with Gasteiger partial charge in [0.25, 0.3) is 0 Å². The average molecular weight is 536 g/mol. The molecule has 7 nitrogen and oxygen atoms in total. The Labute approximate surface area is 201 Å². The predicted octanol–water partition coefficient (Wildman–Crippen LogP) is 3.51. The SMILES string of the molecule is CCNC(=NCc1ccc(N2CCCCC2=O)cc1)N1CCC(c2cnn(C)c2)C1.I. The number of amides is 1. The summed E-state index contributed by atoms with van der Waals surface area (Å²) in [5.41, 5.74) is 3.46. The van der Waals surface area contributed by atoms with E-state index in [1.165, 1.54) is 5.56 Å². The van der Waals surface area contributed by atoms with Crippen molar-refractivity contribution >= 4 is 41.5 Å². The molecule has 1 amide bonds. The number of hydrogen-bond donors (Lipinski definition) is 1. The Hall–Kier alpha value is -2.10. The number of aliphatic imine (C=N–C) groups is 1. The van der Waals surface area contributed by atoms with Gasteiger partial charge >= 0.3 is 0 Å². The number of likely N-dealkylation sites (tertiary alicyclic amines) is 1. The number of rotatable bonds is 5. The van der Waals surface area contributed by atoms with Crippen molar-refractivity contribution in [2.75, 3.05) is 31.1 Å². The zero-order valence-corrected chi connectivity index (χ0v) is 20.8. The van der Waals surface area contributed by atoms with Gasteiger partial charge in [-0.05, 0) is 49.4 Å². The van der Waals surface area contributed by atoms with Gasteiger partial charge < -0.3 is 15.1 Å². The van der Waals surface area contributed by atoms with Gasteiger partial charge in [-0.3, -0.25) is 9.48 Å². The van der Waals surface area contributed by atoms with Crippen LogP contribution in [-0.4, -0.2) is 52.7 Å². The van der Waals surface area contributed by atoms with Gasteiger partial charge in [0.15, 0.2) is 5.96 Å². The second-order valence-corrected chi connectivity index (χ2v) is 8.22. The summed E-state index contributed by atoms with van der Waals surface area (Å²) in [6.07, 6.45) is 7.97. The van der Waals surface area contributed by atoms with E-state index in [-0.39, 0.29) is 29.9 Å². The van der Waals surface area contributed by atoms with Crippen LogP contribution in [0, 0.1) is 0 Å². The zero-order chi connectivity index (χ0) is 20.9. The third kappa shape index (κ3) is 5.78. The number of hydrogen-bond acceptors (Lipinski definition) is 3. The van der Waals surface area contributed by atoms with Crippen LogP contribution in [0.1, 0.15) is 49.7 Å². The standard InChI is InChI=1S/C23H32N6O.HI/c1-3-24-23(28-13-11-19(17-28)20-15-26-27(2)16-20)25-14-18-7-9-21(10-8-18)29-12-5-4-6-22(29)30;/h7-10,15-16,19H,3-6,11-14,17H2,1-2H3,(H,24,25);1H. The maximum absolute atomic E-state index is 12.1. The van der Waals surface area contributed by atoms with Crippen molar-refractivity contribution < 1.29 is 4.79 Å². The number of nitrogens with one attached hydrogen (secondary N) is 1. The van der Waals surface area contributed by atoms with E-state index < -0.39 is 0 Å². The van der Waals surface area contributed by atoms with E-state index in [1.807, 2.05) is 22.8 Å². The number of carbonyl (C=O) groups excluding carboxylic acids is 1. The third-order valence-corrected chi connectivity index (χ3v) is 6.00. The second-order valence-electron chi connectivity index (χ2n) is 8.22. The van der Waals surface area contributed by atoms with Crippen LogP contribution in [0.3, 0.4) is 0 Å². The quantitative estimate of drug-likeness (QED) is 0.361. The lowest BCUT2D eigenvalue weighted by molar-refractivity contribution is -0.119. The van der Waals surface area contributed by atoms with Crippen molar-refractivity contribution in [3.8, 4) is 0 Å². The summed E-state index contributed by atoms with van der Waals surface area (Å²) in [4.78, 5) is 21.3. The van der Waals surface area contributed by atoms with Crippen LogP contribution < -0.4 is 10.2 Å². The highest BCUT2D eigenvalue weighted by atomic mass is 127. The van der Waals surface area contributed by atoms with Crippen LogP contribution in [-0.2, 0) is 18.4 Å². The van der Waals surface area contributed by atoms with Gasteiger partial charge in [0, 0.05) is 57.4 Å². The van der Waals surface area contributed by atoms with E-state index in [1.54, 1.807) is 0 Å². The van der Waals surface area contributed by atoms with Gasteiger partial charge in [-0.25, -0.2) is 4.99 Å². The summed E-state index contributed by atoms with van der Waals surface area (Å²) in [5, 5.41) is 7.76. The average Bonchev–Trinajstić information content (AvgIpc) is 3.41. The molecule has 0 radical (unpaired) electrons. The number of halogens is 1. The lowest BCUT2D eigenvalue weighted by atomic mass is 10.0. The third-order valence-electron chi connectivity index (χ3n) is 6.00. The Morgan fingerprint density at radius 1 is 1.23 bits per heavy atom. The van der Waals surface area contributed by atoms with Crippen molar-refractivity contribution in [2.45, 2.75) is 45.1 Å². The molecule has 2 aromatic rings. The molecule has 1 aromatic carbocycles. The molecule has 0 saturated carbocycles. The van der Waals surface area contributed by atoms with E-state index in [0.29, 0.717) is 18.9 Å². The first-order chi connectivity index (χ1) is 14.6. The lowest BCUT2D eigenvalue weighted by Crippen LogP contribution is -2.40. The fraction of sp³-hybridized carbons (Fsp3) is 0.522. The summed E-state index contributed by atoms with van der Waals surface area (Å²) < 4.78 is 1.87. The van der Waals surface area contributed by atoms with E-state index in [9.17, 15) is 4.79 Å². The van der Waals surface area contributed by atoms with Gasteiger partial charge in [0.05, 0.1) is 12.7 Å². The Kier molecular flexibility index (Phi) is 8.34. The number of aryl methyl sites for hydroxylation is 1. The first-order valence-electron chi connectivity index (χ1n) is 11.0. The van der Waals surface area contributed by atoms with Crippen molar-refractivity contribution in [3.63, 3.8) is 0 Å². The molecule has 2 aliphatic heterocycles. The number of guanidine groups is 1. The van der Waals surface area contributed by atoms with E-state index in [4.69, 9.17) is 4.99 Å². The molecule has 3 heterocycles. The molecule has 1 aromatic heterocycles. The fourth-order valence-corrected chi connectivity index (χ4v) is 4.33. The molecule has 0 aliphatic carbocycles. The maximum Gasteiger partial charge on any atom is 0.226 e. The number of benzene rings is 1. The molecular formula is C23H33IN6O. The van der Waals surface area contributed by atoms with Crippen molar-refractivity contribution in [3.05, 3.63) is 47.8 Å². The Morgan fingerprint density at radius 3 is 2.71 bits per heavy atom. The summed E-state index contributed by atoms with van der Waals surface area (Å²) in [7, 11) is 1.97. The van der Waals surface area contributed by atoms with Gasteiger partial charge in [-0.15, -0.1) is 24.0 Å². The molecule has 2 fully saturated rings. The summed E-state index contributed by atoms with van der Waals surface area (Å²) in [5.74, 6) is 1.71. The zero-order valence-electron chi connectivity index (χ0n) is 18.5. The smallest absolute Gasteiger partial charge is 0.226 e. The largest absolute Gasteiger partial charge is 0.357 e. The second kappa shape index (κ2) is 11.0. The normalized spacial score (nSPS) is 19.5. The molecule has 1 N–H and O–H groups in total. The van der Waals surface area contributed by atoms with Crippen molar-refractivity contribution in [1.29, 1.82) is 0 Å². The summed E-state index contributed by atoms with van der Waals surface area (Å²) in [6.45, 7) is 6.38. The minimum atomic E-state index is 0. The van der Waals surface area contributed by atoms with Crippen molar-refractivity contribution in [2.24, 2.45) is 12.0 Å². The van der Waals surface area contributed by atoms with Gasteiger partial charge in [-0.1, -0.05) is 12.1 Å². The van der Waals surface area contributed by atoms with E-state index in [2.05, 4.69) is 52.7 Å². The summed E-state index contributed by atoms with van der Waals surface area (Å²) in [6, 6.07) is 8.28. The topological polar surface area (TPSA) is 65.8 Å². The van der Waals surface area contributed by atoms with Crippen LogP contribution in [0.15, 0.2) is 41.7 Å². The molecule has 1 unspecified atom stereocenters. The molecule has 2 saturated heterocycles. The number of carbonyl (C=O) groups is 1. The molecule has 31 heavy (non-hydrogen) atoms. The molecule has 168 valence electrons. The Morgan fingerprint density at radius 2 is 2.03 bits per heavy atom. The predicted molar refractivity (Wildman–Crippen MR) is 135 cm³/mol. The summed E-state index contributed by atoms with van der Waals surface area (Å²) >= 11 is 0. The minimum absolute atomic E-state index is 0. The molecule has 8 heteroatoms. The van der Waals surface area contributed by atoms with Crippen LogP contribution in [0.5, 0.6) is 0 Å². The molecule has 0 spiro atoms. The Bertz CT molecular complexity index is 894. The molecule has 0 bridgehead atoms. The molecule has 1 atom stereocenters. The monoisotopic (exact) mass is 536 g/mol. The van der Waals surface area contributed by atoms with Crippen LogP contribution in [0.2, 0.25) is 0 Å².